The number of hydrogen-bond acceptors (Lipinski definition) is 2. The van der Waals surface area contributed by atoms with Crippen molar-refractivity contribution in [2.45, 2.75) is 0 Å². The second kappa shape index (κ2) is 5.38. The van der Waals surface area contributed by atoms with Crippen LogP contribution in [0, 0.1) is 0 Å². The minimum atomic E-state index is 0.712. The molecule has 128 valence electrons. The lowest BCUT2D eigenvalue weighted by molar-refractivity contribution is 0.663. The van der Waals surface area contributed by atoms with Gasteiger partial charge in [-0.2, -0.15) is 0 Å². The minimum Gasteiger partial charge on any atom is -0.456 e. The summed E-state index contributed by atoms with van der Waals surface area (Å²) in [5.74, 6) is 0. The van der Waals surface area contributed by atoms with E-state index in [1.807, 2.05) is 42.5 Å². The molecule has 6 rings (SSSR count). The highest BCUT2D eigenvalue weighted by atomic mass is 35.5. The average Bonchev–Trinajstić information content (AvgIpc) is 3.25. The Morgan fingerprint density at radius 2 is 1.41 bits per heavy atom. The van der Waals surface area contributed by atoms with E-state index in [0.29, 0.717) is 5.02 Å². The summed E-state index contributed by atoms with van der Waals surface area (Å²) in [4.78, 5) is 0. The van der Waals surface area contributed by atoms with Gasteiger partial charge in [-0.25, -0.2) is 0 Å². The normalized spacial score (nSPS) is 11.9. The molecule has 0 amide bonds. The van der Waals surface area contributed by atoms with Crippen molar-refractivity contribution >= 4 is 55.5 Å². The number of halogens is 1. The van der Waals surface area contributed by atoms with Crippen molar-refractivity contribution in [3.8, 4) is 11.1 Å². The Kier molecular flexibility index (Phi) is 2.97. The van der Waals surface area contributed by atoms with Crippen LogP contribution in [0.1, 0.15) is 0 Å². The van der Waals surface area contributed by atoms with Gasteiger partial charge < -0.3 is 8.83 Å². The average molecular weight is 369 g/mol. The third kappa shape index (κ3) is 2.08. The number of benzene rings is 4. The molecule has 0 atom stereocenters. The van der Waals surface area contributed by atoms with Crippen molar-refractivity contribution in [3.05, 3.63) is 83.9 Å². The van der Waals surface area contributed by atoms with Gasteiger partial charge in [0.1, 0.15) is 22.3 Å². The van der Waals surface area contributed by atoms with Crippen molar-refractivity contribution in [2.24, 2.45) is 0 Å². The molecule has 0 saturated carbocycles. The van der Waals surface area contributed by atoms with Crippen molar-refractivity contribution in [1.29, 1.82) is 0 Å². The maximum Gasteiger partial charge on any atom is 0.147 e. The zero-order chi connectivity index (χ0) is 18.0. The molecule has 2 aromatic heterocycles. The zero-order valence-electron chi connectivity index (χ0n) is 14.2. The van der Waals surface area contributed by atoms with Crippen LogP contribution >= 0.6 is 11.6 Å². The van der Waals surface area contributed by atoms with Gasteiger partial charge in [0.25, 0.3) is 0 Å². The van der Waals surface area contributed by atoms with Crippen LogP contribution in [0.2, 0.25) is 5.02 Å². The van der Waals surface area contributed by atoms with Gasteiger partial charge in [0.2, 0.25) is 0 Å². The lowest BCUT2D eigenvalue weighted by Gasteiger charge is -2.03. The molecule has 0 saturated heterocycles. The van der Waals surface area contributed by atoms with Crippen LogP contribution in [-0.2, 0) is 0 Å². The first-order valence-corrected chi connectivity index (χ1v) is 9.19. The molecule has 0 spiro atoms. The molecule has 0 unspecified atom stereocenters. The fourth-order valence-electron chi connectivity index (χ4n) is 3.95. The van der Waals surface area contributed by atoms with Crippen molar-refractivity contribution < 1.29 is 8.83 Å². The fourth-order valence-corrected chi connectivity index (χ4v) is 4.14. The Labute approximate surface area is 159 Å². The maximum atomic E-state index is 6.45. The topological polar surface area (TPSA) is 26.3 Å². The van der Waals surface area contributed by atoms with E-state index >= 15 is 0 Å². The predicted octanol–water partition coefficient (Wildman–Crippen LogP) is 7.81. The molecule has 3 heteroatoms. The van der Waals surface area contributed by atoms with Crippen LogP contribution in [0.15, 0.2) is 87.7 Å². The lowest BCUT2D eigenvalue weighted by Crippen LogP contribution is -1.78. The summed E-state index contributed by atoms with van der Waals surface area (Å²) < 4.78 is 12.5. The number of rotatable bonds is 1. The van der Waals surface area contributed by atoms with E-state index in [9.17, 15) is 0 Å². The Balaban J connectivity index is 1.78. The number of hydrogen-bond donors (Lipinski definition) is 0. The second-order valence-corrected chi connectivity index (χ2v) is 7.14. The van der Waals surface area contributed by atoms with E-state index in [0.717, 1.165) is 55.0 Å². The van der Waals surface area contributed by atoms with Gasteiger partial charge in [0.05, 0.1) is 5.39 Å². The Morgan fingerprint density at radius 3 is 2.33 bits per heavy atom. The smallest absolute Gasteiger partial charge is 0.147 e. The van der Waals surface area contributed by atoms with Crippen molar-refractivity contribution in [2.75, 3.05) is 0 Å². The Morgan fingerprint density at radius 1 is 0.593 bits per heavy atom. The molecule has 0 N–H and O–H groups in total. The fraction of sp³-hybridized carbons (Fsp3) is 0. The van der Waals surface area contributed by atoms with E-state index in [1.165, 1.54) is 0 Å². The highest BCUT2D eigenvalue weighted by Crippen LogP contribution is 2.41. The van der Waals surface area contributed by atoms with E-state index in [2.05, 4.69) is 36.4 Å². The minimum absolute atomic E-state index is 0.712. The molecule has 27 heavy (non-hydrogen) atoms. The van der Waals surface area contributed by atoms with Crippen LogP contribution in [0.5, 0.6) is 0 Å². The number of furan rings is 2. The first-order valence-electron chi connectivity index (χ1n) is 8.81. The molecule has 0 radical (unpaired) electrons. The molecule has 2 heterocycles. The highest BCUT2D eigenvalue weighted by molar-refractivity contribution is 6.31. The quantitative estimate of drug-likeness (QED) is 0.296. The summed E-state index contributed by atoms with van der Waals surface area (Å²) in [6, 6.07) is 26.3. The van der Waals surface area contributed by atoms with Crippen LogP contribution in [0.25, 0.3) is 55.0 Å². The Bertz CT molecular complexity index is 1490. The lowest BCUT2D eigenvalue weighted by atomic mass is 10.0. The van der Waals surface area contributed by atoms with Crippen LogP contribution in [0.4, 0.5) is 0 Å². The SMILES string of the molecule is Clc1cccc(-c2cccc3c2oc2c3ccc3oc4ccccc4c32)c1. The second-order valence-electron chi connectivity index (χ2n) is 6.71. The van der Waals surface area contributed by atoms with E-state index in [1.54, 1.807) is 0 Å². The van der Waals surface area contributed by atoms with Gasteiger partial charge in [0.15, 0.2) is 0 Å². The monoisotopic (exact) mass is 368 g/mol. The largest absolute Gasteiger partial charge is 0.456 e. The molecular formula is C24H13ClO2. The van der Waals surface area contributed by atoms with Crippen molar-refractivity contribution in [3.63, 3.8) is 0 Å². The van der Waals surface area contributed by atoms with Gasteiger partial charge in [-0.3, -0.25) is 0 Å². The molecule has 0 aliphatic heterocycles. The van der Waals surface area contributed by atoms with Crippen LogP contribution < -0.4 is 0 Å². The van der Waals surface area contributed by atoms with Gasteiger partial charge in [0, 0.05) is 26.7 Å². The molecule has 2 nitrogen and oxygen atoms in total. The molecule has 0 aliphatic carbocycles. The Hall–Kier alpha value is -3.23. The summed E-state index contributed by atoms with van der Waals surface area (Å²) in [7, 11) is 0. The van der Waals surface area contributed by atoms with Gasteiger partial charge in [-0.05, 0) is 35.9 Å². The summed E-state index contributed by atoms with van der Waals surface area (Å²) in [6.07, 6.45) is 0. The molecule has 6 aromatic rings. The molecule has 0 bridgehead atoms. The van der Waals surface area contributed by atoms with Crippen molar-refractivity contribution in [1.82, 2.24) is 0 Å². The van der Waals surface area contributed by atoms with Gasteiger partial charge in [-0.1, -0.05) is 60.1 Å². The third-order valence-electron chi connectivity index (χ3n) is 5.14. The summed E-state index contributed by atoms with van der Waals surface area (Å²) in [6.45, 7) is 0. The maximum absolute atomic E-state index is 6.45. The highest BCUT2D eigenvalue weighted by Gasteiger charge is 2.17. The predicted molar refractivity (Wildman–Crippen MR) is 111 cm³/mol. The molecule has 0 fully saturated rings. The zero-order valence-corrected chi connectivity index (χ0v) is 15.0. The van der Waals surface area contributed by atoms with E-state index in [-0.39, 0.29) is 0 Å². The van der Waals surface area contributed by atoms with Crippen LogP contribution in [-0.4, -0.2) is 0 Å². The number of para-hydroxylation sites is 2. The number of fused-ring (bicyclic) bond motifs is 7. The van der Waals surface area contributed by atoms with E-state index in [4.69, 9.17) is 20.4 Å². The van der Waals surface area contributed by atoms with Crippen LogP contribution in [0.3, 0.4) is 0 Å². The first-order chi connectivity index (χ1) is 13.3. The van der Waals surface area contributed by atoms with Gasteiger partial charge in [-0.15, -0.1) is 0 Å². The summed E-state index contributed by atoms with van der Waals surface area (Å²) in [5, 5.41) is 4.99. The van der Waals surface area contributed by atoms with E-state index < -0.39 is 0 Å². The summed E-state index contributed by atoms with van der Waals surface area (Å²) in [5.41, 5.74) is 5.52. The molecule has 4 aromatic carbocycles. The molecule has 0 aliphatic rings. The standard InChI is InChI=1S/C24H13ClO2/c25-15-6-3-5-14(13-15)16-8-4-9-17-18-11-12-21-22(24(18)27-23(16)17)19-7-1-2-10-20(19)26-21/h1-13H. The first kappa shape index (κ1) is 14.9. The molecular weight excluding hydrogens is 356 g/mol. The van der Waals surface area contributed by atoms with Gasteiger partial charge >= 0.3 is 0 Å². The summed E-state index contributed by atoms with van der Waals surface area (Å²) >= 11 is 6.21. The third-order valence-corrected chi connectivity index (χ3v) is 5.38.